The molecule has 1 aromatic heterocycles. The fraction of sp³-hybridized carbons (Fsp3) is 0.778. The zero-order chi connectivity index (χ0) is 10.2. The van der Waals surface area contributed by atoms with E-state index in [2.05, 4.69) is 30.9 Å². The van der Waals surface area contributed by atoms with Gasteiger partial charge in [0.15, 0.2) is 0 Å². The summed E-state index contributed by atoms with van der Waals surface area (Å²) in [6, 6.07) is -0.0706. The molecule has 0 aliphatic rings. The highest BCUT2D eigenvalue weighted by Gasteiger charge is 2.26. The van der Waals surface area contributed by atoms with Gasteiger partial charge < -0.3 is 5.73 Å². The lowest BCUT2D eigenvalue weighted by Crippen LogP contribution is -2.29. The highest BCUT2D eigenvalue weighted by Crippen LogP contribution is 2.28. The van der Waals surface area contributed by atoms with Gasteiger partial charge in [0.05, 0.1) is 6.04 Å². The Morgan fingerprint density at radius 2 is 1.92 bits per heavy atom. The molecule has 0 spiro atoms. The molecule has 13 heavy (non-hydrogen) atoms. The molecule has 2 N–H and O–H groups in total. The van der Waals surface area contributed by atoms with Crippen LogP contribution in [-0.4, -0.2) is 14.8 Å². The summed E-state index contributed by atoms with van der Waals surface area (Å²) < 4.78 is 1.76. The smallest absolute Gasteiger partial charge is 0.147 e. The van der Waals surface area contributed by atoms with Crippen LogP contribution in [0.25, 0.3) is 0 Å². The van der Waals surface area contributed by atoms with Gasteiger partial charge in [-0.15, -0.1) is 0 Å². The van der Waals surface area contributed by atoms with Crippen LogP contribution in [0.4, 0.5) is 0 Å². The minimum atomic E-state index is -0.0706. The van der Waals surface area contributed by atoms with Gasteiger partial charge in [-0.1, -0.05) is 20.8 Å². The van der Waals surface area contributed by atoms with E-state index >= 15 is 0 Å². The molecular weight excluding hydrogens is 164 g/mol. The highest BCUT2D eigenvalue weighted by atomic mass is 15.3. The number of hydrogen-bond acceptors (Lipinski definition) is 3. The SMILES string of the molecule is Cc1nc(C(N)C(C)(C)C)n(C)n1. The number of aromatic nitrogens is 3. The number of aryl methyl sites for hydroxylation is 2. The zero-order valence-corrected chi connectivity index (χ0v) is 9.00. The van der Waals surface area contributed by atoms with Crippen LogP contribution >= 0.6 is 0 Å². The van der Waals surface area contributed by atoms with Crippen molar-refractivity contribution >= 4 is 0 Å². The lowest BCUT2D eigenvalue weighted by atomic mass is 9.87. The van der Waals surface area contributed by atoms with Crippen LogP contribution in [0, 0.1) is 12.3 Å². The van der Waals surface area contributed by atoms with E-state index in [-0.39, 0.29) is 11.5 Å². The third-order valence-electron chi connectivity index (χ3n) is 2.11. The number of rotatable bonds is 1. The maximum atomic E-state index is 6.06. The molecule has 0 aliphatic heterocycles. The molecule has 0 fully saturated rings. The van der Waals surface area contributed by atoms with Crippen LogP contribution in [0.5, 0.6) is 0 Å². The standard InChI is InChI=1S/C9H18N4/c1-6-11-8(13(5)12-6)7(10)9(2,3)4/h7H,10H2,1-5H3. The molecule has 0 aromatic carbocycles. The minimum Gasteiger partial charge on any atom is -0.321 e. The zero-order valence-electron chi connectivity index (χ0n) is 9.00. The quantitative estimate of drug-likeness (QED) is 0.709. The van der Waals surface area contributed by atoms with Crippen molar-refractivity contribution in [3.63, 3.8) is 0 Å². The molecule has 1 heterocycles. The predicted octanol–water partition coefficient (Wildman–Crippen LogP) is 1.17. The Morgan fingerprint density at radius 3 is 2.23 bits per heavy atom. The molecule has 4 heteroatoms. The summed E-state index contributed by atoms with van der Waals surface area (Å²) >= 11 is 0. The normalized spacial score (nSPS) is 14.6. The third-order valence-corrected chi connectivity index (χ3v) is 2.11. The van der Waals surface area contributed by atoms with Gasteiger partial charge in [0.2, 0.25) is 0 Å². The Kier molecular flexibility index (Phi) is 2.43. The summed E-state index contributed by atoms with van der Waals surface area (Å²) in [5, 5.41) is 4.17. The third kappa shape index (κ3) is 2.06. The van der Waals surface area contributed by atoms with Crippen molar-refractivity contribution in [3.8, 4) is 0 Å². The lowest BCUT2D eigenvalue weighted by Gasteiger charge is -2.25. The molecule has 1 atom stereocenters. The Labute approximate surface area is 79.2 Å². The second kappa shape index (κ2) is 3.10. The Balaban J connectivity index is 3.01. The fourth-order valence-electron chi connectivity index (χ4n) is 1.19. The van der Waals surface area contributed by atoms with E-state index in [1.165, 1.54) is 0 Å². The topological polar surface area (TPSA) is 56.7 Å². The van der Waals surface area contributed by atoms with Crippen molar-refractivity contribution in [3.05, 3.63) is 11.6 Å². The van der Waals surface area contributed by atoms with Crippen molar-refractivity contribution in [1.82, 2.24) is 14.8 Å². The maximum absolute atomic E-state index is 6.06. The molecular formula is C9H18N4. The van der Waals surface area contributed by atoms with Crippen LogP contribution in [0.15, 0.2) is 0 Å². The molecule has 1 aromatic rings. The van der Waals surface area contributed by atoms with Crippen LogP contribution in [-0.2, 0) is 7.05 Å². The second-order valence-corrected chi connectivity index (χ2v) is 4.48. The van der Waals surface area contributed by atoms with E-state index in [9.17, 15) is 0 Å². The fourth-order valence-corrected chi connectivity index (χ4v) is 1.19. The van der Waals surface area contributed by atoms with E-state index in [1.54, 1.807) is 4.68 Å². The van der Waals surface area contributed by atoms with Crippen molar-refractivity contribution in [1.29, 1.82) is 0 Å². The Morgan fingerprint density at radius 1 is 1.38 bits per heavy atom. The van der Waals surface area contributed by atoms with Gasteiger partial charge in [-0.25, -0.2) is 4.98 Å². The summed E-state index contributed by atoms with van der Waals surface area (Å²) in [7, 11) is 1.88. The van der Waals surface area contributed by atoms with E-state index in [0.29, 0.717) is 0 Å². The summed E-state index contributed by atoms with van der Waals surface area (Å²) in [6.45, 7) is 8.17. The van der Waals surface area contributed by atoms with Gasteiger partial charge >= 0.3 is 0 Å². The first kappa shape index (κ1) is 10.2. The Hall–Kier alpha value is -0.900. The van der Waals surface area contributed by atoms with Crippen molar-refractivity contribution in [2.75, 3.05) is 0 Å². The van der Waals surface area contributed by atoms with Gasteiger partial charge in [0.25, 0.3) is 0 Å². The minimum absolute atomic E-state index is 0.0211. The van der Waals surface area contributed by atoms with Gasteiger partial charge in [0, 0.05) is 7.05 Å². The van der Waals surface area contributed by atoms with E-state index in [0.717, 1.165) is 11.6 Å². The molecule has 74 valence electrons. The van der Waals surface area contributed by atoms with Gasteiger partial charge in [0.1, 0.15) is 11.6 Å². The average molecular weight is 182 g/mol. The van der Waals surface area contributed by atoms with Crippen LogP contribution in [0.1, 0.15) is 38.5 Å². The number of hydrogen-bond donors (Lipinski definition) is 1. The van der Waals surface area contributed by atoms with Crippen LogP contribution in [0.3, 0.4) is 0 Å². The number of nitrogens with zero attached hydrogens (tertiary/aromatic N) is 3. The van der Waals surface area contributed by atoms with E-state index in [4.69, 9.17) is 5.73 Å². The first-order valence-electron chi connectivity index (χ1n) is 4.45. The monoisotopic (exact) mass is 182 g/mol. The van der Waals surface area contributed by atoms with Gasteiger partial charge in [-0.05, 0) is 12.3 Å². The molecule has 0 amide bonds. The van der Waals surface area contributed by atoms with Crippen LogP contribution in [0.2, 0.25) is 0 Å². The summed E-state index contributed by atoms with van der Waals surface area (Å²) in [4.78, 5) is 4.30. The Bertz CT molecular complexity index is 295. The van der Waals surface area contributed by atoms with Gasteiger partial charge in [-0.2, -0.15) is 5.10 Å². The average Bonchev–Trinajstić information content (AvgIpc) is 2.26. The first-order chi connectivity index (χ1) is 5.82. The number of nitrogens with two attached hydrogens (primary N) is 1. The van der Waals surface area contributed by atoms with E-state index < -0.39 is 0 Å². The second-order valence-electron chi connectivity index (χ2n) is 4.48. The van der Waals surface area contributed by atoms with Crippen molar-refractivity contribution in [2.24, 2.45) is 18.2 Å². The molecule has 4 nitrogen and oxygen atoms in total. The molecule has 1 rings (SSSR count). The molecule has 0 saturated carbocycles. The summed E-state index contributed by atoms with van der Waals surface area (Å²) in [5.74, 6) is 1.63. The molecule has 0 bridgehead atoms. The van der Waals surface area contributed by atoms with Crippen LogP contribution < -0.4 is 5.73 Å². The molecule has 0 aliphatic carbocycles. The highest BCUT2D eigenvalue weighted by molar-refractivity contribution is 5.00. The maximum Gasteiger partial charge on any atom is 0.147 e. The molecule has 1 unspecified atom stereocenters. The molecule has 0 saturated heterocycles. The lowest BCUT2D eigenvalue weighted by molar-refractivity contribution is 0.308. The van der Waals surface area contributed by atoms with Crippen molar-refractivity contribution in [2.45, 2.75) is 33.7 Å². The summed E-state index contributed by atoms with van der Waals surface area (Å²) in [5.41, 5.74) is 6.08. The van der Waals surface area contributed by atoms with Gasteiger partial charge in [-0.3, -0.25) is 4.68 Å². The molecule has 0 radical (unpaired) electrons. The summed E-state index contributed by atoms with van der Waals surface area (Å²) in [6.07, 6.45) is 0. The van der Waals surface area contributed by atoms with Crippen molar-refractivity contribution < 1.29 is 0 Å². The van der Waals surface area contributed by atoms with E-state index in [1.807, 2.05) is 14.0 Å². The largest absolute Gasteiger partial charge is 0.321 e. The predicted molar refractivity (Wildman–Crippen MR) is 52.1 cm³/mol. The first-order valence-corrected chi connectivity index (χ1v) is 4.45.